The Morgan fingerprint density at radius 2 is 1.68 bits per heavy atom. The van der Waals surface area contributed by atoms with Crippen LogP contribution in [0.4, 0.5) is 4.39 Å². The van der Waals surface area contributed by atoms with Gasteiger partial charge in [-0.2, -0.15) is 9.78 Å². The van der Waals surface area contributed by atoms with Crippen molar-refractivity contribution in [3.05, 3.63) is 72.4 Å². The van der Waals surface area contributed by atoms with E-state index in [9.17, 15) is 9.50 Å². The molecule has 5 nitrogen and oxygen atoms in total. The van der Waals surface area contributed by atoms with Gasteiger partial charge in [-0.15, -0.1) is 0 Å². The Hall–Kier alpha value is -3.12. The first-order valence-corrected chi connectivity index (χ1v) is 7.88. The van der Waals surface area contributed by atoms with E-state index < -0.39 is 6.10 Å². The molecule has 4 rings (SSSR count). The number of aliphatic hydroxyl groups excluding tert-OH is 1. The minimum atomic E-state index is -0.705. The maximum Gasteiger partial charge on any atom is 0.251 e. The monoisotopic (exact) mass is 334 g/mol. The summed E-state index contributed by atoms with van der Waals surface area (Å²) in [5.74, 6) is 0.0444. The third-order valence-electron chi connectivity index (χ3n) is 4.02. The van der Waals surface area contributed by atoms with Gasteiger partial charge in [0.05, 0.1) is 17.3 Å². The zero-order valence-electron chi connectivity index (χ0n) is 13.5. The van der Waals surface area contributed by atoms with E-state index in [1.54, 1.807) is 42.2 Å². The number of halogens is 1. The summed E-state index contributed by atoms with van der Waals surface area (Å²) in [5, 5.41) is 15.2. The Morgan fingerprint density at radius 1 is 1.00 bits per heavy atom. The molecule has 0 saturated carbocycles. The number of nitrogens with zero attached hydrogens (tertiary/aromatic N) is 4. The lowest BCUT2D eigenvalue weighted by molar-refractivity contribution is 0.195. The average Bonchev–Trinajstić information content (AvgIpc) is 3.02. The number of rotatable bonds is 3. The number of fused-ring (bicyclic) bond motifs is 1. The summed E-state index contributed by atoms with van der Waals surface area (Å²) < 4.78 is 15.5. The molecule has 1 unspecified atom stereocenters. The van der Waals surface area contributed by atoms with Gasteiger partial charge in [0.15, 0.2) is 0 Å². The van der Waals surface area contributed by atoms with E-state index in [1.807, 2.05) is 24.3 Å². The minimum absolute atomic E-state index is 0.320. The maximum atomic E-state index is 13.9. The van der Waals surface area contributed by atoms with Crippen LogP contribution in [0.25, 0.3) is 28.0 Å². The Kier molecular flexibility index (Phi) is 3.74. The van der Waals surface area contributed by atoms with E-state index in [0.29, 0.717) is 22.8 Å². The first-order valence-electron chi connectivity index (χ1n) is 7.88. The molecule has 0 aliphatic carbocycles. The fraction of sp³-hybridized carbons (Fsp3) is 0.105. The summed E-state index contributed by atoms with van der Waals surface area (Å²) in [6.07, 6.45) is 2.43. The quantitative estimate of drug-likeness (QED) is 0.621. The van der Waals surface area contributed by atoms with Crippen LogP contribution in [0.3, 0.4) is 0 Å². The van der Waals surface area contributed by atoms with E-state index in [2.05, 4.69) is 15.1 Å². The van der Waals surface area contributed by atoms with Gasteiger partial charge in [-0.3, -0.25) is 0 Å². The van der Waals surface area contributed by atoms with Crippen LogP contribution < -0.4 is 0 Å². The standard InChI is InChI=1S/C19H15FN4O/c1-12(25)18-15-7-3-5-9-17(15)24(23-18)19-21-10-13(11-22-19)14-6-2-4-8-16(14)20/h2-12,25H,1H3. The van der Waals surface area contributed by atoms with Gasteiger partial charge in [0, 0.05) is 28.9 Å². The second-order valence-electron chi connectivity index (χ2n) is 5.74. The highest BCUT2D eigenvalue weighted by atomic mass is 19.1. The third kappa shape index (κ3) is 2.66. The number of aliphatic hydroxyl groups is 1. The predicted molar refractivity (Wildman–Crippen MR) is 92.7 cm³/mol. The molecule has 0 saturated heterocycles. The van der Waals surface area contributed by atoms with Crippen molar-refractivity contribution in [2.45, 2.75) is 13.0 Å². The average molecular weight is 334 g/mol. The topological polar surface area (TPSA) is 63.8 Å². The summed E-state index contributed by atoms with van der Waals surface area (Å²) in [6, 6.07) is 14.1. The van der Waals surface area contributed by atoms with Gasteiger partial charge in [0.25, 0.3) is 5.95 Å². The predicted octanol–water partition coefficient (Wildman–Crippen LogP) is 3.67. The molecule has 0 amide bonds. The Bertz CT molecular complexity index is 1040. The van der Waals surface area contributed by atoms with Crippen LogP contribution in [0.5, 0.6) is 0 Å². The number of hydrogen-bond acceptors (Lipinski definition) is 4. The molecule has 4 aromatic rings. The molecule has 0 fully saturated rings. The maximum absolute atomic E-state index is 13.9. The van der Waals surface area contributed by atoms with Gasteiger partial charge in [-0.05, 0) is 19.1 Å². The summed E-state index contributed by atoms with van der Waals surface area (Å²) in [5.41, 5.74) is 2.41. The molecule has 124 valence electrons. The summed E-state index contributed by atoms with van der Waals surface area (Å²) in [7, 11) is 0. The van der Waals surface area contributed by atoms with E-state index in [4.69, 9.17) is 0 Å². The molecule has 0 bridgehead atoms. The summed E-state index contributed by atoms with van der Waals surface area (Å²) >= 11 is 0. The van der Waals surface area contributed by atoms with Crippen molar-refractivity contribution in [3.63, 3.8) is 0 Å². The van der Waals surface area contributed by atoms with Gasteiger partial charge >= 0.3 is 0 Å². The molecule has 25 heavy (non-hydrogen) atoms. The van der Waals surface area contributed by atoms with Gasteiger partial charge in [-0.25, -0.2) is 14.4 Å². The van der Waals surface area contributed by atoms with E-state index in [-0.39, 0.29) is 5.82 Å². The van der Waals surface area contributed by atoms with Crippen LogP contribution in [-0.4, -0.2) is 24.9 Å². The number of hydrogen-bond donors (Lipinski definition) is 1. The third-order valence-corrected chi connectivity index (χ3v) is 4.02. The fourth-order valence-corrected chi connectivity index (χ4v) is 2.82. The lowest BCUT2D eigenvalue weighted by Gasteiger charge is -2.05. The fourth-order valence-electron chi connectivity index (χ4n) is 2.82. The Labute approximate surface area is 143 Å². The molecule has 0 aliphatic rings. The van der Waals surface area contributed by atoms with Crippen molar-refractivity contribution in [1.29, 1.82) is 0 Å². The molecule has 1 atom stereocenters. The van der Waals surface area contributed by atoms with Crippen LogP contribution in [0, 0.1) is 5.82 Å². The summed E-state index contributed by atoms with van der Waals surface area (Å²) in [4.78, 5) is 8.66. The molecule has 6 heteroatoms. The van der Waals surface area contributed by atoms with Crippen molar-refractivity contribution in [2.75, 3.05) is 0 Å². The van der Waals surface area contributed by atoms with Crippen molar-refractivity contribution >= 4 is 10.9 Å². The van der Waals surface area contributed by atoms with Crippen LogP contribution in [0.2, 0.25) is 0 Å². The van der Waals surface area contributed by atoms with Crippen LogP contribution in [-0.2, 0) is 0 Å². The zero-order chi connectivity index (χ0) is 17.4. The highest BCUT2D eigenvalue weighted by molar-refractivity contribution is 5.83. The van der Waals surface area contributed by atoms with Crippen molar-refractivity contribution in [2.24, 2.45) is 0 Å². The first-order chi connectivity index (χ1) is 12.1. The molecule has 1 N–H and O–H groups in total. The zero-order valence-corrected chi connectivity index (χ0v) is 13.5. The van der Waals surface area contributed by atoms with Crippen LogP contribution in [0.1, 0.15) is 18.7 Å². The van der Waals surface area contributed by atoms with Crippen molar-refractivity contribution < 1.29 is 9.50 Å². The molecule has 0 radical (unpaired) electrons. The molecule has 2 aromatic heterocycles. The SMILES string of the molecule is CC(O)c1nn(-c2ncc(-c3ccccc3F)cn2)c2ccccc12. The molecule has 2 heterocycles. The lowest BCUT2D eigenvalue weighted by atomic mass is 10.1. The van der Waals surface area contributed by atoms with E-state index >= 15 is 0 Å². The van der Waals surface area contributed by atoms with Crippen LogP contribution >= 0.6 is 0 Å². The number of aromatic nitrogens is 4. The number of benzene rings is 2. The summed E-state index contributed by atoms with van der Waals surface area (Å²) in [6.45, 7) is 1.67. The molecule has 2 aromatic carbocycles. The van der Waals surface area contributed by atoms with E-state index in [0.717, 1.165) is 10.9 Å². The first kappa shape index (κ1) is 15.4. The molecule has 0 aliphatic heterocycles. The Morgan fingerprint density at radius 3 is 2.40 bits per heavy atom. The smallest absolute Gasteiger partial charge is 0.251 e. The molecular formula is C19H15FN4O. The lowest BCUT2D eigenvalue weighted by Crippen LogP contribution is -2.04. The van der Waals surface area contributed by atoms with E-state index in [1.165, 1.54) is 6.07 Å². The second kappa shape index (κ2) is 6.07. The van der Waals surface area contributed by atoms with Gasteiger partial charge < -0.3 is 5.11 Å². The number of para-hydroxylation sites is 1. The van der Waals surface area contributed by atoms with Crippen molar-refractivity contribution in [1.82, 2.24) is 19.7 Å². The van der Waals surface area contributed by atoms with Gasteiger partial charge in [0.1, 0.15) is 5.82 Å². The normalized spacial score (nSPS) is 12.4. The highest BCUT2D eigenvalue weighted by Gasteiger charge is 2.16. The van der Waals surface area contributed by atoms with Gasteiger partial charge in [-0.1, -0.05) is 36.4 Å². The highest BCUT2D eigenvalue weighted by Crippen LogP contribution is 2.26. The largest absolute Gasteiger partial charge is 0.387 e. The van der Waals surface area contributed by atoms with Gasteiger partial charge in [0.2, 0.25) is 0 Å². The minimum Gasteiger partial charge on any atom is -0.387 e. The Balaban J connectivity index is 1.81. The van der Waals surface area contributed by atoms with Crippen molar-refractivity contribution in [3.8, 4) is 17.1 Å². The second-order valence-corrected chi connectivity index (χ2v) is 5.74. The molecule has 0 spiro atoms. The molecular weight excluding hydrogens is 319 g/mol. The van der Waals surface area contributed by atoms with Crippen LogP contribution in [0.15, 0.2) is 60.9 Å².